The van der Waals surface area contributed by atoms with Crippen LogP contribution in [0.1, 0.15) is 34.7 Å². The Bertz CT molecular complexity index is 385. The molecule has 0 saturated carbocycles. The van der Waals surface area contributed by atoms with Gasteiger partial charge in [0.1, 0.15) is 0 Å². The van der Waals surface area contributed by atoms with Crippen molar-refractivity contribution in [2.24, 2.45) is 0 Å². The van der Waals surface area contributed by atoms with Crippen LogP contribution in [-0.2, 0) is 4.74 Å². The fraction of sp³-hybridized carbons (Fsp3) is 0.583. The number of rotatable bonds is 5. The molecular formula is C12H18ClNO2. The molecule has 0 spiro atoms. The first kappa shape index (κ1) is 13.3. The molecule has 0 fully saturated rings. The summed E-state index contributed by atoms with van der Waals surface area (Å²) in [4.78, 5) is 11.6. The van der Waals surface area contributed by atoms with Gasteiger partial charge in [0.2, 0.25) is 0 Å². The van der Waals surface area contributed by atoms with Crippen LogP contribution in [0.2, 0.25) is 0 Å². The highest BCUT2D eigenvalue weighted by atomic mass is 35.5. The molecule has 90 valence electrons. The van der Waals surface area contributed by atoms with Crippen LogP contribution in [0.4, 0.5) is 0 Å². The van der Waals surface area contributed by atoms with E-state index < -0.39 is 0 Å². The maximum absolute atomic E-state index is 11.6. The molecule has 0 bridgehead atoms. The minimum atomic E-state index is -0.0226. The summed E-state index contributed by atoms with van der Waals surface area (Å²) in [6, 6.07) is 2.12. The zero-order chi connectivity index (χ0) is 12.3. The van der Waals surface area contributed by atoms with Crippen molar-refractivity contribution in [1.29, 1.82) is 0 Å². The number of Topliss-reactive ketones (excluding diaryl/α,β-unsaturated/α-hetero) is 1. The predicted octanol–water partition coefficient (Wildman–Crippen LogP) is 2.73. The number of halogens is 1. The largest absolute Gasteiger partial charge is 0.383 e. The first-order valence-corrected chi connectivity index (χ1v) is 5.82. The number of carbonyl (C=O) groups excluding carboxylic acids is 1. The standard InChI is InChI=1S/C12H18ClNO2/c1-8-5-11(12(15)6-13)10(3)14(8)9(2)7-16-4/h5,9H,6-7H2,1-4H3/t9-/m0/s1. The Morgan fingerprint density at radius 3 is 2.69 bits per heavy atom. The SMILES string of the molecule is COC[C@H](C)n1c(C)cc(C(=O)CCl)c1C. The van der Waals surface area contributed by atoms with Gasteiger partial charge in [-0.1, -0.05) is 0 Å². The number of aromatic nitrogens is 1. The van der Waals surface area contributed by atoms with Crippen molar-refractivity contribution in [2.45, 2.75) is 26.8 Å². The molecule has 0 aliphatic carbocycles. The number of ketones is 1. The highest BCUT2D eigenvalue weighted by Gasteiger charge is 2.17. The Kier molecular flexibility index (Phi) is 4.56. The van der Waals surface area contributed by atoms with Crippen molar-refractivity contribution >= 4 is 17.4 Å². The van der Waals surface area contributed by atoms with Gasteiger partial charge in [-0.3, -0.25) is 4.79 Å². The van der Waals surface area contributed by atoms with Crippen LogP contribution in [0.25, 0.3) is 0 Å². The minimum Gasteiger partial charge on any atom is -0.383 e. The summed E-state index contributed by atoms with van der Waals surface area (Å²) in [5.41, 5.74) is 2.75. The molecule has 0 radical (unpaired) electrons. The Labute approximate surface area is 101 Å². The van der Waals surface area contributed by atoms with Crippen molar-refractivity contribution < 1.29 is 9.53 Å². The minimum absolute atomic E-state index is 0.0226. The highest BCUT2D eigenvalue weighted by Crippen LogP contribution is 2.21. The lowest BCUT2D eigenvalue weighted by Crippen LogP contribution is -2.14. The third kappa shape index (κ3) is 2.47. The number of alkyl halides is 1. The summed E-state index contributed by atoms with van der Waals surface area (Å²) in [6.07, 6.45) is 0. The van der Waals surface area contributed by atoms with Crippen LogP contribution in [-0.4, -0.2) is 29.9 Å². The molecule has 3 nitrogen and oxygen atoms in total. The molecule has 0 aliphatic rings. The Morgan fingerprint density at radius 1 is 1.56 bits per heavy atom. The van der Waals surface area contributed by atoms with Gasteiger partial charge in [0.15, 0.2) is 5.78 Å². The summed E-state index contributed by atoms with van der Waals surface area (Å²) in [7, 11) is 1.68. The van der Waals surface area contributed by atoms with Gasteiger partial charge < -0.3 is 9.30 Å². The van der Waals surface area contributed by atoms with Crippen LogP contribution < -0.4 is 0 Å². The highest BCUT2D eigenvalue weighted by molar-refractivity contribution is 6.30. The molecule has 0 saturated heterocycles. The lowest BCUT2D eigenvalue weighted by atomic mass is 10.2. The van der Waals surface area contributed by atoms with E-state index in [-0.39, 0.29) is 17.7 Å². The first-order chi connectivity index (χ1) is 7.52. The average Bonchev–Trinajstić information content (AvgIpc) is 2.53. The Balaban J connectivity index is 3.11. The summed E-state index contributed by atoms with van der Waals surface area (Å²) in [5, 5.41) is 0. The monoisotopic (exact) mass is 243 g/mol. The van der Waals surface area contributed by atoms with Crippen LogP contribution in [0.3, 0.4) is 0 Å². The average molecular weight is 244 g/mol. The van der Waals surface area contributed by atoms with Crippen molar-refractivity contribution in [1.82, 2.24) is 4.57 Å². The van der Waals surface area contributed by atoms with E-state index in [1.807, 2.05) is 19.9 Å². The smallest absolute Gasteiger partial charge is 0.179 e. The van der Waals surface area contributed by atoms with Gasteiger partial charge in [-0.15, -0.1) is 11.6 Å². The Hall–Kier alpha value is -0.800. The summed E-state index contributed by atoms with van der Waals surface area (Å²) in [5.74, 6) is 0.00814. The topological polar surface area (TPSA) is 31.2 Å². The van der Waals surface area contributed by atoms with Gasteiger partial charge in [0, 0.05) is 24.1 Å². The number of carbonyl (C=O) groups is 1. The zero-order valence-corrected chi connectivity index (χ0v) is 11.0. The van der Waals surface area contributed by atoms with Gasteiger partial charge >= 0.3 is 0 Å². The number of methoxy groups -OCH3 is 1. The maximum atomic E-state index is 11.6. The number of aryl methyl sites for hydroxylation is 1. The molecule has 1 aromatic rings. The van der Waals surface area contributed by atoms with Crippen LogP contribution in [0, 0.1) is 13.8 Å². The van der Waals surface area contributed by atoms with E-state index in [1.54, 1.807) is 7.11 Å². The van der Waals surface area contributed by atoms with E-state index in [0.29, 0.717) is 6.61 Å². The van der Waals surface area contributed by atoms with E-state index >= 15 is 0 Å². The lowest BCUT2D eigenvalue weighted by molar-refractivity contribution is 0.102. The fourth-order valence-electron chi connectivity index (χ4n) is 2.13. The first-order valence-electron chi connectivity index (χ1n) is 5.29. The van der Waals surface area contributed by atoms with Crippen LogP contribution >= 0.6 is 11.6 Å². The summed E-state index contributed by atoms with van der Waals surface area (Å²) in [6.45, 7) is 6.63. The van der Waals surface area contributed by atoms with Crippen LogP contribution in [0.15, 0.2) is 6.07 Å². The van der Waals surface area contributed by atoms with Crippen molar-refractivity contribution in [3.63, 3.8) is 0 Å². The molecule has 16 heavy (non-hydrogen) atoms. The molecule has 1 aromatic heterocycles. The second-order valence-electron chi connectivity index (χ2n) is 4.02. The van der Waals surface area contributed by atoms with Crippen molar-refractivity contribution in [3.8, 4) is 0 Å². The summed E-state index contributed by atoms with van der Waals surface area (Å²) >= 11 is 5.58. The van der Waals surface area contributed by atoms with E-state index in [1.165, 1.54) is 0 Å². The van der Waals surface area contributed by atoms with E-state index in [2.05, 4.69) is 11.5 Å². The molecule has 0 amide bonds. The summed E-state index contributed by atoms with van der Waals surface area (Å²) < 4.78 is 7.25. The third-order valence-corrected chi connectivity index (χ3v) is 3.00. The molecule has 1 heterocycles. The van der Waals surface area contributed by atoms with E-state index in [9.17, 15) is 4.79 Å². The quantitative estimate of drug-likeness (QED) is 0.588. The maximum Gasteiger partial charge on any atom is 0.179 e. The predicted molar refractivity (Wildman–Crippen MR) is 65.5 cm³/mol. The van der Waals surface area contributed by atoms with Crippen molar-refractivity contribution in [3.05, 3.63) is 23.0 Å². The number of hydrogen-bond acceptors (Lipinski definition) is 2. The molecule has 0 N–H and O–H groups in total. The zero-order valence-electron chi connectivity index (χ0n) is 10.2. The second-order valence-corrected chi connectivity index (χ2v) is 4.28. The van der Waals surface area contributed by atoms with Crippen LogP contribution in [0.5, 0.6) is 0 Å². The molecule has 0 unspecified atom stereocenters. The number of hydrogen-bond donors (Lipinski definition) is 0. The van der Waals surface area contributed by atoms with Gasteiger partial charge in [-0.25, -0.2) is 0 Å². The van der Waals surface area contributed by atoms with Gasteiger partial charge in [0.25, 0.3) is 0 Å². The van der Waals surface area contributed by atoms with Crippen molar-refractivity contribution in [2.75, 3.05) is 19.6 Å². The molecule has 4 heteroatoms. The molecule has 0 aromatic carbocycles. The molecule has 1 rings (SSSR count). The van der Waals surface area contributed by atoms with Gasteiger partial charge in [0.05, 0.1) is 18.5 Å². The van der Waals surface area contributed by atoms with E-state index in [4.69, 9.17) is 16.3 Å². The second kappa shape index (κ2) is 5.51. The number of nitrogens with zero attached hydrogens (tertiary/aromatic N) is 1. The van der Waals surface area contributed by atoms with E-state index in [0.717, 1.165) is 17.0 Å². The fourth-order valence-corrected chi connectivity index (χ4v) is 2.27. The molecule has 0 aliphatic heterocycles. The number of ether oxygens (including phenoxy) is 1. The van der Waals surface area contributed by atoms with Gasteiger partial charge in [-0.2, -0.15) is 0 Å². The Morgan fingerprint density at radius 2 is 2.19 bits per heavy atom. The third-order valence-electron chi connectivity index (χ3n) is 2.75. The molecule has 1 atom stereocenters. The normalized spacial score (nSPS) is 12.8. The van der Waals surface area contributed by atoms with Gasteiger partial charge in [-0.05, 0) is 26.8 Å². The lowest BCUT2D eigenvalue weighted by Gasteiger charge is -2.17. The molecular weight excluding hydrogens is 226 g/mol.